The Hall–Kier alpha value is -5.81. The molecule has 42 heavy (non-hydrogen) atoms. The van der Waals surface area contributed by atoms with Gasteiger partial charge >= 0.3 is 0 Å². The Labute approximate surface area is 241 Å². The molecular formula is C37H23NO4. The Bertz CT molecular complexity index is 2130. The fraction of sp³-hybridized carbons (Fsp3) is 0. The predicted octanol–water partition coefficient (Wildman–Crippen LogP) is 9.98. The fourth-order valence-corrected chi connectivity index (χ4v) is 5.47. The molecule has 0 saturated carbocycles. The minimum absolute atomic E-state index is 0.0453. The van der Waals surface area contributed by atoms with Crippen LogP contribution in [0.15, 0.2) is 149 Å². The average Bonchev–Trinajstić information content (AvgIpc) is 3.05. The Kier molecular flexibility index (Phi) is 5.54. The molecule has 0 N–H and O–H groups in total. The molecule has 200 valence electrons. The van der Waals surface area contributed by atoms with Crippen molar-refractivity contribution in [1.29, 1.82) is 0 Å². The number of anilines is 3. The summed E-state index contributed by atoms with van der Waals surface area (Å²) in [7, 11) is 0. The van der Waals surface area contributed by atoms with Crippen LogP contribution in [-0.2, 0) is 0 Å². The van der Waals surface area contributed by atoms with Gasteiger partial charge in [0, 0.05) is 17.4 Å². The minimum Gasteiger partial charge on any atom is -0.456 e. The Morgan fingerprint density at radius 3 is 1.74 bits per heavy atom. The van der Waals surface area contributed by atoms with Gasteiger partial charge in [0.15, 0.2) is 23.0 Å². The van der Waals surface area contributed by atoms with Crippen LogP contribution in [-0.4, -0.2) is 0 Å². The van der Waals surface area contributed by atoms with Crippen molar-refractivity contribution >= 4 is 39.0 Å². The van der Waals surface area contributed by atoms with E-state index in [-0.39, 0.29) is 5.43 Å². The summed E-state index contributed by atoms with van der Waals surface area (Å²) in [5.74, 6) is 2.51. The molecule has 0 spiro atoms. The molecule has 1 aromatic heterocycles. The van der Waals surface area contributed by atoms with Crippen LogP contribution in [0.1, 0.15) is 0 Å². The third-order valence-corrected chi connectivity index (χ3v) is 7.51. The van der Waals surface area contributed by atoms with Crippen molar-refractivity contribution in [2.24, 2.45) is 0 Å². The van der Waals surface area contributed by atoms with Crippen molar-refractivity contribution in [1.82, 2.24) is 0 Å². The molecule has 5 nitrogen and oxygen atoms in total. The lowest BCUT2D eigenvalue weighted by molar-refractivity contribution is 0.360. The number of hydrogen-bond donors (Lipinski definition) is 0. The van der Waals surface area contributed by atoms with Crippen LogP contribution in [0.2, 0.25) is 0 Å². The highest BCUT2D eigenvalue weighted by Crippen LogP contribution is 2.49. The van der Waals surface area contributed by atoms with E-state index in [0.29, 0.717) is 44.9 Å². The van der Waals surface area contributed by atoms with E-state index in [2.05, 4.69) is 29.2 Å². The fourth-order valence-electron chi connectivity index (χ4n) is 5.47. The van der Waals surface area contributed by atoms with E-state index in [1.807, 2.05) is 109 Å². The topological polar surface area (TPSA) is 51.9 Å². The van der Waals surface area contributed by atoms with Crippen molar-refractivity contribution in [3.05, 3.63) is 150 Å². The van der Waals surface area contributed by atoms with Crippen LogP contribution in [0.4, 0.5) is 17.1 Å². The largest absolute Gasteiger partial charge is 0.456 e. The lowest BCUT2D eigenvalue weighted by Crippen LogP contribution is -2.10. The average molecular weight is 546 g/mol. The van der Waals surface area contributed by atoms with E-state index in [1.165, 1.54) is 0 Å². The number of nitrogens with zero attached hydrogens (tertiary/aromatic N) is 1. The van der Waals surface area contributed by atoms with E-state index in [9.17, 15) is 4.79 Å². The minimum atomic E-state index is -0.0453. The second kappa shape index (κ2) is 9.68. The van der Waals surface area contributed by atoms with Crippen molar-refractivity contribution in [3.63, 3.8) is 0 Å². The highest BCUT2D eigenvalue weighted by Gasteiger charge is 2.22. The van der Waals surface area contributed by atoms with Crippen molar-refractivity contribution < 1.29 is 13.9 Å². The quantitative estimate of drug-likeness (QED) is 0.206. The van der Waals surface area contributed by atoms with E-state index >= 15 is 0 Å². The van der Waals surface area contributed by atoms with E-state index in [0.717, 1.165) is 28.2 Å². The first kappa shape index (κ1) is 24.0. The lowest BCUT2D eigenvalue weighted by Gasteiger charge is -2.27. The van der Waals surface area contributed by atoms with Crippen molar-refractivity contribution in [3.8, 4) is 34.1 Å². The summed E-state index contributed by atoms with van der Waals surface area (Å²) in [5, 5.41) is 1.11. The number of para-hydroxylation sites is 3. The molecule has 8 rings (SSSR count). The first-order valence-electron chi connectivity index (χ1n) is 13.7. The number of rotatable bonds is 4. The molecule has 1 aliphatic rings. The molecule has 6 aromatic carbocycles. The molecule has 2 heterocycles. The third-order valence-electron chi connectivity index (χ3n) is 7.51. The number of benzene rings is 6. The van der Waals surface area contributed by atoms with Gasteiger partial charge in [0.25, 0.3) is 0 Å². The van der Waals surface area contributed by atoms with Gasteiger partial charge in [0.1, 0.15) is 11.2 Å². The third kappa shape index (κ3) is 4.07. The summed E-state index contributed by atoms with van der Waals surface area (Å²) in [6, 6.07) is 45.2. The molecular weight excluding hydrogens is 522 g/mol. The molecule has 5 heteroatoms. The summed E-state index contributed by atoms with van der Waals surface area (Å²) in [6.07, 6.45) is 0. The van der Waals surface area contributed by atoms with Crippen LogP contribution in [0.5, 0.6) is 23.0 Å². The highest BCUT2D eigenvalue weighted by atomic mass is 16.6. The molecule has 0 aliphatic carbocycles. The summed E-state index contributed by atoms with van der Waals surface area (Å²) in [4.78, 5) is 15.4. The number of fused-ring (bicyclic) bond motifs is 4. The maximum atomic E-state index is 13.2. The van der Waals surface area contributed by atoms with Gasteiger partial charge in [-0.05, 0) is 83.9 Å². The monoisotopic (exact) mass is 545 g/mol. The van der Waals surface area contributed by atoms with Gasteiger partial charge in [-0.3, -0.25) is 4.79 Å². The second-order valence-electron chi connectivity index (χ2n) is 10.1. The summed E-state index contributed by atoms with van der Waals surface area (Å²) in [6.45, 7) is 0. The molecule has 0 amide bonds. The van der Waals surface area contributed by atoms with Gasteiger partial charge in [0.05, 0.1) is 16.5 Å². The lowest BCUT2D eigenvalue weighted by atomic mass is 10.0. The molecule has 0 unspecified atom stereocenters. The smallest absolute Gasteiger partial charge is 0.200 e. The van der Waals surface area contributed by atoms with Crippen LogP contribution in [0.3, 0.4) is 0 Å². The normalized spacial score (nSPS) is 11.8. The summed E-state index contributed by atoms with van der Waals surface area (Å²) in [5.41, 5.74) is 5.94. The zero-order valence-electron chi connectivity index (χ0n) is 22.4. The van der Waals surface area contributed by atoms with Gasteiger partial charge in [-0.15, -0.1) is 0 Å². The zero-order valence-corrected chi connectivity index (χ0v) is 22.4. The second-order valence-corrected chi connectivity index (χ2v) is 10.1. The van der Waals surface area contributed by atoms with Gasteiger partial charge in [0.2, 0.25) is 5.43 Å². The maximum Gasteiger partial charge on any atom is 0.200 e. The molecule has 1 aliphatic heterocycles. The number of ether oxygens (including phenoxy) is 2. The van der Waals surface area contributed by atoms with Gasteiger partial charge in [-0.25, -0.2) is 0 Å². The zero-order chi connectivity index (χ0) is 28.0. The van der Waals surface area contributed by atoms with E-state index in [4.69, 9.17) is 13.9 Å². The van der Waals surface area contributed by atoms with Crippen molar-refractivity contribution in [2.75, 3.05) is 4.90 Å². The first-order valence-corrected chi connectivity index (χ1v) is 13.7. The van der Waals surface area contributed by atoms with E-state index in [1.54, 1.807) is 6.07 Å². The Balaban J connectivity index is 1.14. The summed E-state index contributed by atoms with van der Waals surface area (Å²) < 4.78 is 18.7. The molecule has 0 saturated heterocycles. The van der Waals surface area contributed by atoms with E-state index < -0.39 is 0 Å². The molecule has 0 atom stereocenters. The number of hydrogen-bond acceptors (Lipinski definition) is 5. The first-order chi connectivity index (χ1) is 20.7. The SMILES string of the molecule is O=c1c2ccccc2oc2ccc(-c3ccc4c(c3)Oc3ccc(N(c5ccccc5)c5ccccc5)cc3O4)cc12. The van der Waals surface area contributed by atoms with Crippen LogP contribution in [0, 0.1) is 0 Å². The van der Waals surface area contributed by atoms with Crippen molar-refractivity contribution in [2.45, 2.75) is 0 Å². The molecule has 0 bridgehead atoms. The van der Waals surface area contributed by atoms with Crippen LogP contribution in [0.25, 0.3) is 33.1 Å². The molecule has 7 aromatic rings. The van der Waals surface area contributed by atoms with Crippen LogP contribution >= 0.6 is 0 Å². The van der Waals surface area contributed by atoms with Gasteiger partial charge < -0.3 is 18.8 Å². The Morgan fingerprint density at radius 2 is 1.00 bits per heavy atom. The standard InChI is InChI=1S/C37H23NO4/c39-37-29-13-7-8-14-31(29)40-32-18-15-24(21-30(32)37)25-16-19-33-35(22-25)41-34-20-17-28(23-36(34)42-33)38(26-9-3-1-4-10-26)27-11-5-2-6-12-27/h1-23H. The van der Waals surface area contributed by atoms with Gasteiger partial charge in [-0.2, -0.15) is 0 Å². The molecule has 0 fully saturated rings. The Morgan fingerprint density at radius 1 is 0.429 bits per heavy atom. The summed E-state index contributed by atoms with van der Waals surface area (Å²) >= 11 is 0. The van der Waals surface area contributed by atoms with Gasteiger partial charge in [-0.1, -0.05) is 60.7 Å². The highest BCUT2D eigenvalue weighted by molar-refractivity contribution is 5.92. The van der Waals surface area contributed by atoms with Crippen LogP contribution < -0.4 is 19.8 Å². The molecule has 0 radical (unpaired) electrons. The predicted molar refractivity (Wildman–Crippen MR) is 167 cm³/mol. The maximum absolute atomic E-state index is 13.2.